The highest BCUT2D eigenvalue weighted by molar-refractivity contribution is 9.10. The number of ether oxygens (including phenoxy) is 1. The monoisotopic (exact) mass is 375 g/mol. The first kappa shape index (κ1) is 17.5. The van der Waals surface area contributed by atoms with Crippen molar-refractivity contribution in [3.8, 4) is 5.75 Å². The Balaban J connectivity index is 1.96. The van der Waals surface area contributed by atoms with Gasteiger partial charge in [0.2, 0.25) is 5.91 Å². The highest BCUT2D eigenvalue weighted by Crippen LogP contribution is 2.26. The number of amides is 1. The number of nitrogens with one attached hydrogen (secondary N) is 1. The second-order valence-electron chi connectivity index (χ2n) is 5.66. The fourth-order valence-corrected chi connectivity index (χ4v) is 2.98. The topological polar surface area (TPSA) is 38.3 Å². The Kier molecular flexibility index (Phi) is 6.22. The zero-order valence-electron chi connectivity index (χ0n) is 13.7. The molecule has 0 aliphatic heterocycles. The SMILES string of the molecule is COc1ccc(C)cc1C(C)NC(=O)CCc1cccc(Br)c1. The number of hydrogen-bond donors (Lipinski definition) is 1. The van der Waals surface area contributed by atoms with Gasteiger partial charge in [-0.25, -0.2) is 0 Å². The lowest BCUT2D eigenvalue weighted by atomic mass is 10.0. The second kappa shape index (κ2) is 8.16. The van der Waals surface area contributed by atoms with Crippen molar-refractivity contribution in [3.63, 3.8) is 0 Å². The van der Waals surface area contributed by atoms with Gasteiger partial charge in [0.15, 0.2) is 0 Å². The molecule has 0 radical (unpaired) electrons. The van der Waals surface area contributed by atoms with Crippen molar-refractivity contribution in [2.24, 2.45) is 0 Å². The normalized spacial score (nSPS) is 11.8. The summed E-state index contributed by atoms with van der Waals surface area (Å²) in [5.41, 5.74) is 3.30. The number of aryl methyl sites for hydroxylation is 2. The molecule has 0 saturated heterocycles. The van der Waals surface area contributed by atoms with Crippen LogP contribution in [-0.4, -0.2) is 13.0 Å². The molecule has 1 N–H and O–H groups in total. The molecule has 1 atom stereocenters. The van der Waals surface area contributed by atoms with Crippen LogP contribution in [0.15, 0.2) is 46.9 Å². The maximum Gasteiger partial charge on any atom is 0.220 e. The average Bonchev–Trinajstić information content (AvgIpc) is 2.53. The lowest BCUT2D eigenvalue weighted by molar-refractivity contribution is -0.121. The zero-order chi connectivity index (χ0) is 16.8. The lowest BCUT2D eigenvalue weighted by Crippen LogP contribution is -2.27. The third kappa shape index (κ3) is 5.10. The van der Waals surface area contributed by atoms with Gasteiger partial charge in [0.05, 0.1) is 13.2 Å². The van der Waals surface area contributed by atoms with Crippen molar-refractivity contribution < 1.29 is 9.53 Å². The van der Waals surface area contributed by atoms with Gasteiger partial charge in [-0.15, -0.1) is 0 Å². The average molecular weight is 376 g/mol. The molecule has 2 aromatic carbocycles. The highest BCUT2D eigenvalue weighted by Gasteiger charge is 2.14. The van der Waals surface area contributed by atoms with Crippen LogP contribution in [0.5, 0.6) is 5.75 Å². The second-order valence-corrected chi connectivity index (χ2v) is 6.58. The Morgan fingerprint density at radius 2 is 2.04 bits per heavy atom. The van der Waals surface area contributed by atoms with E-state index in [0.717, 1.165) is 33.3 Å². The number of carbonyl (C=O) groups is 1. The summed E-state index contributed by atoms with van der Waals surface area (Å²) < 4.78 is 6.42. The summed E-state index contributed by atoms with van der Waals surface area (Å²) in [5.74, 6) is 0.844. The Hall–Kier alpha value is -1.81. The van der Waals surface area contributed by atoms with E-state index < -0.39 is 0 Å². The predicted octanol–water partition coefficient (Wildman–Crippen LogP) is 4.58. The van der Waals surface area contributed by atoms with Crippen LogP contribution in [0, 0.1) is 6.92 Å². The number of carbonyl (C=O) groups excluding carboxylic acids is 1. The van der Waals surface area contributed by atoms with E-state index in [-0.39, 0.29) is 11.9 Å². The van der Waals surface area contributed by atoms with Crippen LogP contribution >= 0.6 is 15.9 Å². The van der Waals surface area contributed by atoms with E-state index in [1.54, 1.807) is 7.11 Å². The van der Waals surface area contributed by atoms with Crippen molar-refractivity contribution >= 4 is 21.8 Å². The van der Waals surface area contributed by atoms with Gasteiger partial charge in [0, 0.05) is 16.5 Å². The summed E-state index contributed by atoms with van der Waals surface area (Å²) in [7, 11) is 1.65. The van der Waals surface area contributed by atoms with Crippen molar-refractivity contribution in [2.75, 3.05) is 7.11 Å². The molecule has 3 nitrogen and oxygen atoms in total. The molecular weight excluding hydrogens is 354 g/mol. The van der Waals surface area contributed by atoms with E-state index in [0.29, 0.717) is 6.42 Å². The molecule has 0 heterocycles. The van der Waals surface area contributed by atoms with Crippen molar-refractivity contribution in [2.45, 2.75) is 32.7 Å². The van der Waals surface area contributed by atoms with Gasteiger partial charge >= 0.3 is 0 Å². The molecule has 0 aromatic heterocycles. The third-order valence-corrected chi connectivity index (χ3v) is 4.25. The van der Waals surface area contributed by atoms with E-state index in [1.165, 1.54) is 0 Å². The van der Waals surface area contributed by atoms with Crippen LogP contribution in [-0.2, 0) is 11.2 Å². The Morgan fingerprint density at radius 1 is 1.26 bits per heavy atom. The fraction of sp³-hybridized carbons (Fsp3) is 0.316. The van der Waals surface area contributed by atoms with Crippen molar-refractivity contribution in [1.82, 2.24) is 5.32 Å². The predicted molar refractivity (Wildman–Crippen MR) is 96.8 cm³/mol. The standard InChI is InChI=1S/C19H22BrNO2/c1-13-7-9-18(23-3)17(11-13)14(2)21-19(22)10-8-15-5-4-6-16(20)12-15/h4-7,9,11-12,14H,8,10H2,1-3H3,(H,21,22). The van der Waals surface area contributed by atoms with Crippen molar-refractivity contribution in [1.29, 1.82) is 0 Å². The Bertz CT molecular complexity index is 685. The number of methoxy groups -OCH3 is 1. The smallest absolute Gasteiger partial charge is 0.220 e. The largest absolute Gasteiger partial charge is 0.496 e. The number of rotatable bonds is 6. The molecule has 2 aromatic rings. The van der Waals surface area contributed by atoms with Crippen LogP contribution in [0.1, 0.15) is 36.1 Å². The summed E-state index contributed by atoms with van der Waals surface area (Å²) in [6.07, 6.45) is 1.19. The van der Waals surface area contributed by atoms with E-state index in [4.69, 9.17) is 4.74 Å². The van der Waals surface area contributed by atoms with Gasteiger partial charge in [-0.05, 0) is 44.0 Å². The van der Waals surface area contributed by atoms with Gasteiger partial charge < -0.3 is 10.1 Å². The maximum atomic E-state index is 12.2. The first-order chi connectivity index (χ1) is 11.0. The van der Waals surface area contributed by atoms with Crippen LogP contribution < -0.4 is 10.1 Å². The fourth-order valence-electron chi connectivity index (χ4n) is 2.53. The minimum absolute atomic E-state index is 0.0426. The van der Waals surface area contributed by atoms with Gasteiger partial charge in [-0.3, -0.25) is 4.79 Å². The molecule has 23 heavy (non-hydrogen) atoms. The first-order valence-corrected chi connectivity index (χ1v) is 8.47. The molecule has 0 fully saturated rings. The summed E-state index contributed by atoms with van der Waals surface area (Å²) >= 11 is 3.45. The van der Waals surface area contributed by atoms with Gasteiger partial charge in [0.1, 0.15) is 5.75 Å². The first-order valence-electron chi connectivity index (χ1n) is 7.68. The van der Waals surface area contributed by atoms with Gasteiger partial charge in [-0.1, -0.05) is 45.8 Å². The van der Waals surface area contributed by atoms with Crippen LogP contribution in [0.3, 0.4) is 0 Å². The molecule has 1 unspecified atom stereocenters. The van der Waals surface area contributed by atoms with E-state index in [2.05, 4.69) is 27.3 Å². The summed E-state index contributed by atoms with van der Waals surface area (Å²) in [4.78, 5) is 12.2. The zero-order valence-corrected chi connectivity index (χ0v) is 15.3. The molecule has 0 aliphatic rings. The van der Waals surface area contributed by atoms with Gasteiger partial charge in [-0.2, -0.15) is 0 Å². The minimum atomic E-state index is -0.0835. The maximum absolute atomic E-state index is 12.2. The van der Waals surface area contributed by atoms with Crippen molar-refractivity contribution in [3.05, 3.63) is 63.6 Å². The summed E-state index contributed by atoms with van der Waals surface area (Å²) in [5, 5.41) is 3.05. The molecule has 0 spiro atoms. The number of halogens is 1. The lowest BCUT2D eigenvalue weighted by Gasteiger charge is -2.18. The van der Waals surface area contributed by atoms with E-state index in [9.17, 15) is 4.79 Å². The Morgan fingerprint density at radius 3 is 2.74 bits per heavy atom. The molecule has 0 aliphatic carbocycles. The van der Waals surface area contributed by atoms with Gasteiger partial charge in [0.25, 0.3) is 0 Å². The van der Waals surface area contributed by atoms with Crippen LogP contribution in [0.25, 0.3) is 0 Å². The molecule has 2 rings (SSSR count). The summed E-state index contributed by atoms with van der Waals surface area (Å²) in [6.45, 7) is 4.01. The minimum Gasteiger partial charge on any atom is -0.496 e. The number of hydrogen-bond acceptors (Lipinski definition) is 2. The molecule has 0 bridgehead atoms. The molecule has 0 saturated carbocycles. The van der Waals surface area contributed by atoms with E-state index in [1.807, 2.05) is 50.2 Å². The quantitative estimate of drug-likeness (QED) is 0.802. The van der Waals surface area contributed by atoms with Crippen LogP contribution in [0.4, 0.5) is 0 Å². The van der Waals surface area contributed by atoms with Crippen LogP contribution in [0.2, 0.25) is 0 Å². The third-order valence-electron chi connectivity index (χ3n) is 3.76. The molecule has 4 heteroatoms. The van der Waals surface area contributed by atoms with E-state index >= 15 is 0 Å². The molecule has 122 valence electrons. The Labute approximate surface area is 146 Å². The highest BCUT2D eigenvalue weighted by atomic mass is 79.9. The number of benzene rings is 2. The molecular formula is C19H22BrNO2. The summed E-state index contributed by atoms with van der Waals surface area (Å²) in [6, 6.07) is 14.0. The molecule has 1 amide bonds.